The van der Waals surface area contributed by atoms with Crippen LogP contribution in [0.5, 0.6) is 0 Å². The van der Waals surface area contributed by atoms with Crippen LogP contribution in [0.1, 0.15) is 20.8 Å². The van der Waals surface area contributed by atoms with Gasteiger partial charge >= 0.3 is 0 Å². The first-order valence-corrected chi connectivity index (χ1v) is 7.98. The van der Waals surface area contributed by atoms with Gasteiger partial charge in [-0.25, -0.2) is 0 Å². The van der Waals surface area contributed by atoms with Crippen LogP contribution in [0.25, 0.3) is 0 Å². The molecule has 1 aromatic rings. The summed E-state index contributed by atoms with van der Waals surface area (Å²) in [6.07, 6.45) is 0. The number of carbonyl (C=O) groups excluding carboxylic acids is 2. The van der Waals surface area contributed by atoms with Crippen molar-refractivity contribution in [3.05, 3.63) is 27.7 Å². The highest BCUT2D eigenvalue weighted by molar-refractivity contribution is 9.10. The van der Waals surface area contributed by atoms with Crippen LogP contribution in [0.4, 0.5) is 5.69 Å². The molecule has 122 valence electrons. The molecule has 0 aliphatic heterocycles. The molecule has 2 N–H and O–H groups in total. The number of nitrogens with zero attached hydrogens (tertiary/aromatic N) is 1. The summed E-state index contributed by atoms with van der Waals surface area (Å²) >= 11 is 9.35. The molecule has 0 saturated carbocycles. The summed E-state index contributed by atoms with van der Waals surface area (Å²) < 4.78 is 0.839. The highest BCUT2D eigenvalue weighted by atomic mass is 79.9. The van der Waals surface area contributed by atoms with Crippen LogP contribution < -0.4 is 10.6 Å². The Bertz CT molecular complexity index is 558. The molecule has 0 heterocycles. The molecule has 0 unspecified atom stereocenters. The van der Waals surface area contributed by atoms with Crippen molar-refractivity contribution in [3.63, 3.8) is 0 Å². The van der Waals surface area contributed by atoms with Gasteiger partial charge in [0.15, 0.2) is 0 Å². The third-order valence-electron chi connectivity index (χ3n) is 2.55. The average molecular weight is 391 g/mol. The van der Waals surface area contributed by atoms with E-state index in [2.05, 4.69) is 26.6 Å². The summed E-state index contributed by atoms with van der Waals surface area (Å²) in [4.78, 5) is 25.4. The van der Waals surface area contributed by atoms with E-state index in [1.807, 2.05) is 20.8 Å². The number of carbonyl (C=O) groups is 2. The number of benzene rings is 1. The van der Waals surface area contributed by atoms with Crippen molar-refractivity contribution in [3.8, 4) is 0 Å². The summed E-state index contributed by atoms with van der Waals surface area (Å²) in [7, 11) is 1.71. The van der Waals surface area contributed by atoms with Crippen molar-refractivity contribution in [2.24, 2.45) is 0 Å². The molecule has 1 rings (SSSR count). The minimum absolute atomic E-state index is 0.101. The maximum Gasteiger partial charge on any atom is 0.238 e. The van der Waals surface area contributed by atoms with E-state index >= 15 is 0 Å². The first-order valence-electron chi connectivity index (χ1n) is 6.81. The van der Waals surface area contributed by atoms with Crippen LogP contribution in [0.3, 0.4) is 0 Å². The molecule has 0 spiro atoms. The molecule has 7 heteroatoms. The number of nitrogens with one attached hydrogen (secondary N) is 2. The summed E-state index contributed by atoms with van der Waals surface area (Å²) in [5, 5.41) is 6.03. The fourth-order valence-corrected chi connectivity index (χ4v) is 2.51. The molecule has 0 radical (unpaired) electrons. The molecule has 0 aromatic heterocycles. The topological polar surface area (TPSA) is 61.4 Å². The Kier molecular flexibility index (Phi) is 6.84. The van der Waals surface area contributed by atoms with Gasteiger partial charge in [0.2, 0.25) is 11.8 Å². The van der Waals surface area contributed by atoms with E-state index in [1.165, 1.54) is 0 Å². The van der Waals surface area contributed by atoms with Gasteiger partial charge in [0.25, 0.3) is 0 Å². The summed E-state index contributed by atoms with van der Waals surface area (Å²) in [6.45, 7) is 5.98. The molecular weight excluding hydrogens is 370 g/mol. The summed E-state index contributed by atoms with van der Waals surface area (Å²) in [5.74, 6) is -0.347. The monoisotopic (exact) mass is 389 g/mol. The molecular formula is C15H21BrClN3O2. The van der Waals surface area contributed by atoms with Gasteiger partial charge in [0.05, 0.1) is 23.8 Å². The fraction of sp³-hybridized carbons (Fsp3) is 0.467. The zero-order valence-corrected chi connectivity index (χ0v) is 15.5. The van der Waals surface area contributed by atoms with Crippen molar-refractivity contribution in [2.45, 2.75) is 26.3 Å². The minimum Gasteiger partial charge on any atom is -0.350 e. The molecule has 0 atom stereocenters. The fourth-order valence-electron chi connectivity index (χ4n) is 1.78. The second-order valence-corrected chi connectivity index (χ2v) is 7.47. The van der Waals surface area contributed by atoms with E-state index in [0.717, 1.165) is 4.47 Å². The van der Waals surface area contributed by atoms with Crippen LogP contribution in [-0.4, -0.2) is 42.4 Å². The zero-order chi connectivity index (χ0) is 16.9. The quantitative estimate of drug-likeness (QED) is 0.812. The highest BCUT2D eigenvalue weighted by Crippen LogP contribution is 2.25. The lowest BCUT2D eigenvalue weighted by atomic mass is 10.1. The van der Waals surface area contributed by atoms with Crippen LogP contribution in [0, 0.1) is 0 Å². The van der Waals surface area contributed by atoms with Crippen LogP contribution in [0.2, 0.25) is 5.02 Å². The Morgan fingerprint density at radius 2 is 1.82 bits per heavy atom. The van der Waals surface area contributed by atoms with E-state index in [9.17, 15) is 9.59 Å². The lowest BCUT2D eigenvalue weighted by Crippen LogP contribution is -2.46. The van der Waals surface area contributed by atoms with Gasteiger partial charge < -0.3 is 10.6 Å². The first kappa shape index (κ1) is 18.9. The normalized spacial score (nSPS) is 11.4. The number of likely N-dealkylation sites (N-methyl/N-ethyl adjacent to an activating group) is 1. The predicted molar refractivity (Wildman–Crippen MR) is 93.2 cm³/mol. The molecule has 1 aromatic carbocycles. The smallest absolute Gasteiger partial charge is 0.238 e. The van der Waals surface area contributed by atoms with Crippen molar-refractivity contribution in [1.29, 1.82) is 0 Å². The highest BCUT2D eigenvalue weighted by Gasteiger charge is 2.16. The zero-order valence-electron chi connectivity index (χ0n) is 13.2. The van der Waals surface area contributed by atoms with Gasteiger partial charge in [-0.3, -0.25) is 14.5 Å². The standard InChI is InChI=1S/C15H21BrClN3O2/c1-15(2,3)19-14(22)9-20(4)8-13(21)18-12-6-5-10(16)7-11(12)17/h5-7H,8-9H2,1-4H3,(H,18,21)(H,19,22). The SMILES string of the molecule is CN(CC(=O)Nc1ccc(Br)cc1Cl)CC(=O)NC(C)(C)C. The molecule has 5 nitrogen and oxygen atoms in total. The first-order chi connectivity index (χ1) is 10.1. The molecule has 0 aliphatic carbocycles. The third-order valence-corrected chi connectivity index (χ3v) is 3.35. The molecule has 0 saturated heterocycles. The van der Waals surface area contributed by atoms with Crippen molar-refractivity contribution in [1.82, 2.24) is 10.2 Å². The molecule has 0 bridgehead atoms. The van der Waals surface area contributed by atoms with Gasteiger partial charge in [0.1, 0.15) is 0 Å². The second kappa shape index (κ2) is 7.94. The van der Waals surface area contributed by atoms with Gasteiger partial charge in [-0.15, -0.1) is 0 Å². The van der Waals surface area contributed by atoms with Gasteiger partial charge in [-0.1, -0.05) is 27.5 Å². The lowest BCUT2D eigenvalue weighted by Gasteiger charge is -2.23. The lowest BCUT2D eigenvalue weighted by molar-refractivity contribution is -0.124. The van der Waals surface area contributed by atoms with E-state index in [-0.39, 0.29) is 30.4 Å². The average Bonchev–Trinajstić information content (AvgIpc) is 2.29. The number of halogens is 2. The number of anilines is 1. The van der Waals surface area contributed by atoms with Gasteiger partial charge in [0, 0.05) is 10.0 Å². The second-order valence-electron chi connectivity index (χ2n) is 6.14. The molecule has 22 heavy (non-hydrogen) atoms. The van der Waals surface area contributed by atoms with Crippen molar-refractivity contribution >= 4 is 45.0 Å². The number of rotatable bonds is 5. The number of hydrogen-bond donors (Lipinski definition) is 2. The maximum absolute atomic E-state index is 12.0. The molecule has 2 amide bonds. The molecule has 0 aliphatic rings. The van der Waals surface area contributed by atoms with Crippen molar-refractivity contribution < 1.29 is 9.59 Å². The summed E-state index contributed by atoms with van der Waals surface area (Å²) in [6, 6.07) is 5.22. The maximum atomic E-state index is 12.0. The largest absolute Gasteiger partial charge is 0.350 e. The van der Waals surface area contributed by atoms with Gasteiger partial charge in [-0.05, 0) is 46.0 Å². The van der Waals surface area contributed by atoms with E-state index in [1.54, 1.807) is 30.1 Å². The van der Waals surface area contributed by atoms with Crippen LogP contribution in [-0.2, 0) is 9.59 Å². The van der Waals surface area contributed by atoms with Gasteiger partial charge in [-0.2, -0.15) is 0 Å². The van der Waals surface area contributed by atoms with E-state index in [0.29, 0.717) is 10.7 Å². The van der Waals surface area contributed by atoms with Crippen LogP contribution in [0.15, 0.2) is 22.7 Å². The van der Waals surface area contributed by atoms with E-state index < -0.39 is 0 Å². The van der Waals surface area contributed by atoms with Crippen molar-refractivity contribution in [2.75, 3.05) is 25.5 Å². The van der Waals surface area contributed by atoms with Crippen LogP contribution >= 0.6 is 27.5 Å². The Morgan fingerprint density at radius 1 is 1.23 bits per heavy atom. The number of amides is 2. The summed E-state index contributed by atoms with van der Waals surface area (Å²) in [5.41, 5.74) is 0.257. The third kappa shape index (κ3) is 7.24. The Morgan fingerprint density at radius 3 is 2.36 bits per heavy atom. The molecule has 0 fully saturated rings. The predicted octanol–water partition coefficient (Wildman–Crippen LogP) is 2.89. The Hall–Kier alpha value is -1.11. The Labute approximate surface area is 144 Å². The van der Waals surface area contributed by atoms with E-state index in [4.69, 9.17) is 11.6 Å². The number of hydrogen-bond acceptors (Lipinski definition) is 3. The Balaban J connectivity index is 2.49. The minimum atomic E-state index is -0.287.